The number of nitrogens with zero attached hydrogens (tertiary/aromatic N) is 1. The third-order valence-corrected chi connectivity index (χ3v) is 3.27. The van der Waals surface area contributed by atoms with E-state index in [0.29, 0.717) is 5.13 Å². The van der Waals surface area contributed by atoms with Crippen LogP contribution in [0.15, 0.2) is 9.98 Å². The van der Waals surface area contributed by atoms with Crippen molar-refractivity contribution in [2.45, 2.75) is 26.7 Å². The summed E-state index contributed by atoms with van der Waals surface area (Å²) in [5, 5.41) is 3.44. The zero-order valence-corrected chi connectivity index (χ0v) is 10.6. The van der Waals surface area contributed by atoms with Gasteiger partial charge in [0.05, 0.1) is 9.98 Å². The first-order chi connectivity index (χ1) is 6.63. The van der Waals surface area contributed by atoms with Gasteiger partial charge in [0.25, 0.3) is 0 Å². The van der Waals surface area contributed by atoms with Gasteiger partial charge < -0.3 is 5.32 Å². The van der Waals surface area contributed by atoms with Gasteiger partial charge in [-0.15, -0.1) is 0 Å². The Morgan fingerprint density at radius 1 is 1.79 bits per heavy atom. The Morgan fingerprint density at radius 2 is 2.50 bits per heavy atom. The molecule has 0 bridgehead atoms. The van der Waals surface area contributed by atoms with E-state index in [0.717, 1.165) is 16.6 Å². The number of thiazole rings is 1. The molecule has 0 aromatic carbocycles. The molecule has 0 saturated carbocycles. The fourth-order valence-corrected chi connectivity index (χ4v) is 2.21. The summed E-state index contributed by atoms with van der Waals surface area (Å²) in [4.78, 5) is 15.6. The Hall–Kier alpha value is -0.420. The fourth-order valence-electron chi connectivity index (χ4n) is 1.10. The number of halogens is 1. The molecule has 78 valence electrons. The lowest BCUT2D eigenvalue weighted by molar-refractivity contribution is -0.119. The standard InChI is InChI=1S/C9H13BrN2OS/c1-3-4-6(2)8(13)12-9-11-5-7(10)14-9/h5-6H,3-4H2,1-2H3,(H,11,12,13). The van der Waals surface area contributed by atoms with Crippen LogP contribution in [-0.2, 0) is 4.79 Å². The molecule has 0 radical (unpaired) electrons. The van der Waals surface area contributed by atoms with Crippen molar-refractivity contribution in [3.63, 3.8) is 0 Å². The Balaban J connectivity index is 2.48. The van der Waals surface area contributed by atoms with E-state index in [1.807, 2.05) is 6.92 Å². The molecule has 3 nitrogen and oxygen atoms in total. The predicted molar refractivity (Wildman–Crippen MR) is 62.5 cm³/mol. The normalized spacial score (nSPS) is 12.5. The van der Waals surface area contributed by atoms with Gasteiger partial charge in [-0.2, -0.15) is 0 Å². The summed E-state index contributed by atoms with van der Waals surface area (Å²) < 4.78 is 0.927. The fraction of sp³-hybridized carbons (Fsp3) is 0.556. The van der Waals surface area contributed by atoms with E-state index in [-0.39, 0.29) is 11.8 Å². The number of amides is 1. The lowest BCUT2D eigenvalue weighted by Gasteiger charge is -2.08. The number of anilines is 1. The third kappa shape index (κ3) is 3.38. The lowest BCUT2D eigenvalue weighted by Crippen LogP contribution is -2.19. The molecule has 1 aromatic rings. The zero-order valence-electron chi connectivity index (χ0n) is 8.21. The molecule has 1 aromatic heterocycles. The third-order valence-electron chi connectivity index (χ3n) is 1.88. The smallest absolute Gasteiger partial charge is 0.228 e. The summed E-state index contributed by atoms with van der Waals surface area (Å²) in [6.45, 7) is 4.01. The molecule has 1 heterocycles. The molecule has 14 heavy (non-hydrogen) atoms. The molecule has 0 aliphatic carbocycles. The second-order valence-electron chi connectivity index (χ2n) is 3.15. The number of hydrogen-bond donors (Lipinski definition) is 1. The van der Waals surface area contributed by atoms with Gasteiger partial charge in [-0.25, -0.2) is 4.98 Å². The van der Waals surface area contributed by atoms with Crippen LogP contribution >= 0.6 is 27.3 Å². The van der Waals surface area contributed by atoms with Gasteiger partial charge in [-0.3, -0.25) is 4.79 Å². The van der Waals surface area contributed by atoms with Crippen molar-refractivity contribution in [2.75, 3.05) is 5.32 Å². The van der Waals surface area contributed by atoms with Crippen molar-refractivity contribution < 1.29 is 4.79 Å². The molecule has 0 aliphatic heterocycles. The maximum Gasteiger partial charge on any atom is 0.228 e. The molecule has 5 heteroatoms. The van der Waals surface area contributed by atoms with E-state index >= 15 is 0 Å². The van der Waals surface area contributed by atoms with Crippen LogP contribution in [0, 0.1) is 5.92 Å². The molecule has 1 N–H and O–H groups in total. The van der Waals surface area contributed by atoms with Crippen LogP contribution in [-0.4, -0.2) is 10.9 Å². The maximum atomic E-state index is 11.6. The van der Waals surface area contributed by atoms with Gasteiger partial charge in [0.15, 0.2) is 5.13 Å². The lowest BCUT2D eigenvalue weighted by atomic mass is 10.1. The summed E-state index contributed by atoms with van der Waals surface area (Å²) >= 11 is 4.72. The highest BCUT2D eigenvalue weighted by molar-refractivity contribution is 9.11. The molecule has 0 fully saturated rings. The average Bonchev–Trinajstić information content (AvgIpc) is 2.51. The van der Waals surface area contributed by atoms with Crippen LogP contribution in [0.1, 0.15) is 26.7 Å². The van der Waals surface area contributed by atoms with Crippen LogP contribution in [0.25, 0.3) is 0 Å². The summed E-state index contributed by atoms with van der Waals surface area (Å²) in [6, 6.07) is 0. The highest BCUT2D eigenvalue weighted by Crippen LogP contribution is 2.23. The van der Waals surface area contributed by atoms with Crippen molar-refractivity contribution in [1.82, 2.24) is 4.98 Å². The van der Waals surface area contributed by atoms with Crippen molar-refractivity contribution in [1.29, 1.82) is 0 Å². The Labute approximate surface area is 96.1 Å². The molecule has 0 saturated heterocycles. The molecular weight excluding hydrogens is 264 g/mol. The van der Waals surface area contributed by atoms with Crippen LogP contribution in [0.2, 0.25) is 0 Å². The molecule has 1 rings (SSSR count). The number of nitrogens with one attached hydrogen (secondary N) is 1. The number of hydrogen-bond acceptors (Lipinski definition) is 3. The van der Waals surface area contributed by atoms with E-state index in [2.05, 4.69) is 33.2 Å². The first-order valence-corrected chi connectivity index (χ1v) is 6.16. The molecule has 1 unspecified atom stereocenters. The topological polar surface area (TPSA) is 42.0 Å². The Bertz CT molecular complexity index is 314. The summed E-state index contributed by atoms with van der Waals surface area (Å²) in [6.07, 6.45) is 3.62. The van der Waals surface area contributed by atoms with Gasteiger partial charge in [-0.1, -0.05) is 31.6 Å². The second kappa shape index (κ2) is 5.46. The van der Waals surface area contributed by atoms with Crippen molar-refractivity contribution in [3.8, 4) is 0 Å². The van der Waals surface area contributed by atoms with E-state index in [4.69, 9.17) is 0 Å². The quantitative estimate of drug-likeness (QED) is 0.917. The Morgan fingerprint density at radius 3 is 3.00 bits per heavy atom. The van der Waals surface area contributed by atoms with Crippen molar-refractivity contribution in [2.24, 2.45) is 5.92 Å². The van der Waals surface area contributed by atoms with E-state index in [1.54, 1.807) is 6.20 Å². The minimum absolute atomic E-state index is 0.0497. The average molecular weight is 277 g/mol. The van der Waals surface area contributed by atoms with E-state index in [1.165, 1.54) is 11.3 Å². The first kappa shape index (κ1) is 11.7. The zero-order chi connectivity index (χ0) is 10.6. The largest absolute Gasteiger partial charge is 0.302 e. The molecule has 1 atom stereocenters. The minimum atomic E-state index is 0.0497. The summed E-state index contributed by atoms with van der Waals surface area (Å²) in [5.74, 6) is 0.108. The van der Waals surface area contributed by atoms with Crippen LogP contribution in [0.4, 0.5) is 5.13 Å². The highest BCUT2D eigenvalue weighted by Gasteiger charge is 2.13. The number of carbonyl (C=O) groups is 1. The van der Waals surface area contributed by atoms with Crippen LogP contribution < -0.4 is 5.32 Å². The number of rotatable bonds is 4. The van der Waals surface area contributed by atoms with Gasteiger partial charge in [0.1, 0.15) is 0 Å². The molecule has 1 amide bonds. The Kier molecular flexibility index (Phi) is 4.54. The van der Waals surface area contributed by atoms with Crippen molar-refractivity contribution >= 4 is 38.3 Å². The SMILES string of the molecule is CCCC(C)C(=O)Nc1ncc(Br)s1. The highest BCUT2D eigenvalue weighted by atomic mass is 79.9. The van der Waals surface area contributed by atoms with Gasteiger partial charge >= 0.3 is 0 Å². The predicted octanol–water partition coefficient (Wildman–Crippen LogP) is 3.28. The van der Waals surface area contributed by atoms with Crippen LogP contribution in [0.3, 0.4) is 0 Å². The van der Waals surface area contributed by atoms with Crippen molar-refractivity contribution in [3.05, 3.63) is 9.98 Å². The summed E-state index contributed by atoms with van der Waals surface area (Å²) in [7, 11) is 0. The number of aromatic nitrogens is 1. The summed E-state index contributed by atoms with van der Waals surface area (Å²) in [5.41, 5.74) is 0. The second-order valence-corrected chi connectivity index (χ2v) is 5.56. The van der Waals surface area contributed by atoms with Gasteiger partial charge in [-0.05, 0) is 22.4 Å². The number of carbonyl (C=O) groups excluding carboxylic acids is 1. The van der Waals surface area contributed by atoms with Gasteiger partial charge in [0.2, 0.25) is 5.91 Å². The van der Waals surface area contributed by atoms with Gasteiger partial charge in [0, 0.05) is 5.92 Å². The monoisotopic (exact) mass is 276 g/mol. The molecule has 0 aliphatic rings. The van der Waals surface area contributed by atoms with E-state index < -0.39 is 0 Å². The maximum absolute atomic E-state index is 11.6. The van der Waals surface area contributed by atoms with E-state index in [9.17, 15) is 4.79 Å². The molecular formula is C9H13BrN2OS. The molecule has 0 spiro atoms. The first-order valence-electron chi connectivity index (χ1n) is 4.55. The van der Waals surface area contributed by atoms with Crippen LogP contribution in [0.5, 0.6) is 0 Å². The minimum Gasteiger partial charge on any atom is -0.302 e.